The second-order valence-corrected chi connectivity index (χ2v) is 11.8. The predicted molar refractivity (Wildman–Crippen MR) is 164 cm³/mol. The number of hydrogen-bond donors (Lipinski definition) is 0. The molecule has 2 rings (SSSR count). The lowest BCUT2D eigenvalue weighted by molar-refractivity contribution is -0.903. The van der Waals surface area contributed by atoms with Crippen molar-refractivity contribution in [3.63, 3.8) is 0 Å². The van der Waals surface area contributed by atoms with Crippen LogP contribution in [0.5, 0.6) is 5.75 Å². The number of carbonyl (C=O) groups excluding carboxylic acids is 1. The van der Waals surface area contributed by atoms with Crippen molar-refractivity contribution in [2.24, 2.45) is 0 Å². The van der Waals surface area contributed by atoms with Crippen LogP contribution in [-0.2, 0) is 22.5 Å². The third kappa shape index (κ3) is 15.1. The molecule has 2 aromatic rings. The highest BCUT2D eigenvalue weighted by molar-refractivity contribution is 5.69. The fourth-order valence-corrected chi connectivity index (χ4v) is 5.03. The van der Waals surface area contributed by atoms with Crippen molar-refractivity contribution in [3.8, 4) is 5.75 Å². The maximum atomic E-state index is 12.5. The molecule has 0 spiro atoms. The highest BCUT2D eigenvalue weighted by Gasteiger charge is 2.20. The van der Waals surface area contributed by atoms with Crippen LogP contribution in [-0.4, -0.2) is 43.8 Å². The summed E-state index contributed by atoms with van der Waals surface area (Å²) in [5, 5.41) is 0. The molecule has 0 radical (unpaired) electrons. The third-order valence-corrected chi connectivity index (χ3v) is 7.58. The summed E-state index contributed by atoms with van der Waals surface area (Å²) in [5.41, 5.74) is 2.54. The van der Waals surface area contributed by atoms with E-state index in [1.165, 1.54) is 81.8 Å². The quantitative estimate of drug-likeness (QED) is 0.0853. The van der Waals surface area contributed by atoms with E-state index in [-0.39, 0.29) is 12.1 Å². The maximum absolute atomic E-state index is 12.5. The molecule has 0 aliphatic rings. The average molecular weight is 539 g/mol. The van der Waals surface area contributed by atoms with E-state index in [1.54, 1.807) is 0 Å². The Labute approximate surface area is 239 Å². The third-order valence-electron chi connectivity index (χ3n) is 7.58. The molecule has 2 aromatic carbocycles. The lowest BCUT2D eigenvalue weighted by atomic mass is 10.0. The number of quaternary nitrogens is 1. The summed E-state index contributed by atoms with van der Waals surface area (Å²) >= 11 is 0. The first-order valence-corrected chi connectivity index (χ1v) is 15.7. The molecule has 4 nitrogen and oxygen atoms in total. The van der Waals surface area contributed by atoms with Gasteiger partial charge in [0.25, 0.3) is 0 Å². The molecule has 0 N–H and O–H groups in total. The monoisotopic (exact) mass is 538 g/mol. The van der Waals surface area contributed by atoms with E-state index in [4.69, 9.17) is 9.47 Å². The Balaban J connectivity index is 1.66. The van der Waals surface area contributed by atoms with E-state index in [0.29, 0.717) is 13.0 Å². The number of benzene rings is 2. The average Bonchev–Trinajstić information content (AvgIpc) is 2.94. The molecular formula is C35H56NO3+. The number of esters is 1. The fourth-order valence-electron chi connectivity index (χ4n) is 5.03. The number of ether oxygens (including phenoxy) is 2. The van der Waals surface area contributed by atoms with E-state index in [1.807, 2.05) is 12.1 Å². The van der Waals surface area contributed by atoms with E-state index >= 15 is 0 Å². The van der Waals surface area contributed by atoms with Crippen LogP contribution in [0, 0.1) is 0 Å². The molecule has 4 heteroatoms. The van der Waals surface area contributed by atoms with Crippen molar-refractivity contribution in [1.29, 1.82) is 0 Å². The van der Waals surface area contributed by atoms with E-state index in [9.17, 15) is 4.79 Å². The SMILES string of the molecule is CCCCCCCCCCCCCc1ccccc1OC(CC)COC(=O)CC[N+](C)(C)Cc1ccccc1. The summed E-state index contributed by atoms with van der Waals surface area (Å²) in [6, 6.07) is 18.8. The van der Waals surface area contributed by atoms with Crippen LogP contribution in [0.2, 0.25) is 0 Å². The largest absolute Gasteiger partial charge is 0.487 e. The Hall–Kier alpha value is -2.33. The Bertz CT molecular complexity index is 896. The number of rotatable bonds is 22. The first-order valence-electron chi connectivity index (χ1n) is 15.7. The van der Waals surface area contributed by atoms with Crippen LogP contribution in [0.25, 0.3) is 0 Å². The molecule has 0 aliphatic carbocycles. The summed E-state index contributed by atoms with van der Waals surface area (Å²) in [6.45, 7) is 6.30. The number of para-hydroxylation sites is 1. The predicted octanol–water partition coefficient (Wildman–Crippen LogP) is 8.91. The van der Waals surface area contributed by atoms with Gasteiger partial charge >= 0.3 is 5.97 Å². The molecule has 0 bridgehead atoms. The van der Waals surface area contributed by atoms with Gasteiger partial charge in [0.15, 0.2) is 0 Å². The Morgan fingerprint density at radius 2 is 1.36 bits per heavy atom. The molecule has 0 heterocycles. The van der Waals surface area contributed by atoms with Gasteiger partial charge in [-0.05, 0) is 30.9 Å². The summed E-state index contributed by atoms with van der Waals surface area (Å²) < 4.78 is 12.7. The molecule has 0 aromatic heterocycles. The molecule has 39 heavy (non-hydrogen) atoms. The normalized spacial score (nSPS) is 12.3. The lowest BCUT2D eigenvalue weighted by Crippen LogP contribution is -2.40. The van der Waals surface area contributed by atoms with Crippen molar-refractivity contribution in [3.05, 3.63) is 65.7 Å². The van der Waals surface area contributed by atoms with Gasteiger partial charge in [0.1, 0.15) is 25.0 Å². The summed E-state index contributed by atoms with van der Waals surface area (Å²) in [6.07, 6.45) is 17.0. The van der Waals surface area contributed by atoms with Crippen molar-refractivity contribution < 1.29 is 18.8 Å². The molecule has 0 amide bonds. The molecule has 1 atom stereocenters. The number of aryl methyl sites for hydroxylation is 1. The summed E-state index contributed by atoms with van der Waals surface area (Å²) in [7, 11) is 4.32. The van der Waals surface area contributed by atoms with E-state index < -0.39 is 0 Å². The smallest absolute Gasteiger partial charge is 0.311 e. The zero-order valence-corrected chi connectivity index (χ0v) is 25.5. The highest BCUT2D eigenvalue weighted by atomic mass is 16.6. The Morgan fingerprint density at radius 1 is 0.769 bits per heavy atom. The second-order valence-electron chi connectivity index (χ2n) is 11.8. The Morgan fingerprint density at radius 3 is 2.00 bits per heavy atom. The summed E-state index contributed by atoms with van der Waals surface area (Å²) in [5.74, 6) is 0.790. The van der Waals surface area contributed by atoms with E-state index in [0.717, 1.165) is 36.2 Å². The number of carbonyl (C=O) groups is 1. The van der Waals surface area contributed by atoms with Gasteiger partial charge in [-0.3, -0.25) is 4.79 Å². The van der Waals surface area contributed by atoms with Crippen LogP contribution in [0.4, 0.5) is 0 Å². The minimum Gasteiger partial charge on any atom is -0.487 e. The molecular weight excluding hydrogens is 482 g/mol. The van der Waals surface area contributed by atoms with Gasteiger partial charge in [0.2, 0.25) is 0 Å². The molecule has 0 saturated heterocycles. The van der Waals surface area contributed by atoms with E-state index in [2.05, 4.69) is 70.4 Å². The molecule has 1 unspecified atom stereocenters. The van der Waals surface area contributed by atoms with Crippen LogP contribution in [0.1, 0.15) is 108 Å². The standard InChI is InChI=1S/C35H56NO3/c1-5-7-8-9-10-11-12-13-14-15-19-24-32-25-20-21-26-34(32)39-33(6-2)30-38-35(37)27-28-36(3,4)29-31-22-17-16-18-23-31/h16-18,20-23,25-26,33H,5-15,19,24,27-30H2,1-4H3/q+1. The van der Waals surface area contributed by atoms with Crippen LogP contribution >= 0.6 is 0 Å². The van der Waals surface area contributed by atoms with Gasteiger partial charge < -0.3 is 14.0 Å². The number of nitrogens with zero attached hydrogens (tertiary/aromatic N) is 1. The van der Waals surface area contributed by atoms with Gasteiger partial charge in [0.05, 0.1) is 27.1 Å². The topological polar surface area (TPSA) is 35.5 Å². The fraction of sp³-hybridized carbons (Fsp3) is 0.629. The zero-order chi connectivity index (χ0) is 28.2. The van der Waals surface area contributed by atoms with Gasteiger partial charge in [-0.25, -0.2) is 0 Å². The minimum absolute atomic E-state index is 0.126. The first-order chi connectivity index (χ1) is 18.9. The highest BCUT2D eigenvalue weighted by Crippen LogP contribution is 2.23. The molecule has 0 saturated carbocycles. The first kappa shape index (κ1) is 32.9. The van der Waals surface area contributed by atoms with Gasteiger partial charge in [-0.2, -0.15) is 0 Å². The zero-order valence-electron chi connectivity index (χ0n) is 25.5. The van der Waals surface area contributed by atoms with Crippen LogP contribution < -0.4 is 4.74 Å². The number of hydrogen-bond acceptors (Lipinski definition) is 3. The maximum Gasteiger partial charge on any atom is 0.311 e. The van der Waals surface area contributed by atoms with Crippen molar-refractivity contribution in [2.75, 3.05) is 27.2 Å². The molecule has 218 valence electrons. The van der Waals surface area contributed by atoms with Crippen LogP contribution in [0.3, 0.4) is 0 Å². The van der Waals surface area contributed by atoms with Crippen molar-refractivity contribution in [1.82, 2.24) is 0 Å². The van der Waals surface area contributed by atoms with Gasteiger partial charge in [-0.15, -0.1) is 0 Å². The van der Waals surface area contributed by atoms with Gasteiger partial charge in [-0.1, -0.05) is 127 Å². The van der Waals surface area contributed by atoms with Crippen molar-refractivity contribution >= 4 is 5.97 Å². The molecule has 0 aliphatic heterocycles. The minimum atomic E-state index is -0.148. The van der Waals surface area contributed by atoms with Crippen LogP contribution in [0.15, 0.2) is 54.6 Å². The number of unbranched alkanes of at least 4 members (excludes halogenated alkanes) is 10. The summed E-state index contributed by atoms with van der Waals surface area (Å²) in [4.78, 5) is 12.5. The van der Waals surface area contributed by atoms with Gasteiger partial charge in [0, 0.05) is 5.56 Å². The second kappa shape index (κ2) is 19.7. The van der Waals surface area contributed by atoms with Crippen molar-refractivity contribution in [2.45, 2.75) is 116 Å². The lowest BCUT2D eigenvalue weighted by Gasteiger charge is -2.29. The Kier molecular flexibility index (Phi) is 16.6. The molecule has 0 fully saturated rings.